The zero-order valence-electron chi connectivity index (χ0n) is 30.7. The molecule has 1 aliphatic rings. The largest absolute Gasteiger partial charge is 0.487 e. The van der Waals surface area contributed by atoms with E-state index < -0.39 is 39.5 Å². The second-order valence-corrected chi connectivity index (χ2v) is 15.8. The van der Waals surface area contributed by atoms with E-state index in [1.807, 2.05) is 57.2 Å². The minimum absolute atomic E-state index is 0.0397. The molecule has 0 aliphatic carbocycles. The van der Waals surface area contributed by atoms with Crippen molar-refractivity contribution in [3.8, 4) is 5.75 Å². The molecule has 6 N–H and O–H groups in total. The van der Waals surface area contributed by atoms with Crippen molar-refractivity contribution in [2.45, 2.75) is 89.7 Å². The number of carboxylic acid groups (broad SMARTS) is 1. The van der Waals surface area contributed by atoms with Gasteiger partial charge in [-0.15, -0.1) is 0 Å². The predicted molar refractivity (Wildman–Crippen MR) is 203 cm³/mol. The van der Waals surface area contributed by atoms with Crippen LogP contribution in [0, 0.1) is 26.2 Å². The van der Waals surface area contributed by atoms with Gasteiger partial charge >= 0.3 is 5.97 Å². The number of pyridine rings is 1. The zero-order valence-corrected chi connectivity index (χ0v) is 31.5. The maximum Gasteiger partial charge on any atom is 0.326 e. The highest BCUT2D eigenvalue weighted by molar-refractivity contribution is 7.90. The standard InChI is InChI=1S/C40H47N5O7S/c1-24-25(2)35(26(3)31-18-19-40(4,5)52-34(24)31)53(50,51)45-39(41)42-20-10-15-33(38(48)49)44-37(47)32-17-16-30(43-36(32)46)23-29-14-9-13-28(22-29)21-27-11-7-6-8-12-27/h6-9,11-14,16-17,22,33H,10,15,18-21,23H2,1-5H3,(H,43,46)(H,44,47)(H,48,49)(H3,41,42,45)/t33-/m0/s1. The number of carbonyl (C=O) groups excluding carboxylic acids is 1. The molecule has 280 valence electrons. The van der Waals surface area contributed by atoms with E-state index in [4.69, 9.17) is 10.1 Å². The van der Waals surface area contributed by atoms with Crippen LogP contribution in [-0.4, -0.2) is 54.5 Å². The molecular weight excluding hydrogens is 695 g/mol. The number of aromatic amines is 1. The van der Waals surface area contributed by atoms with Gasteiger partial charge in [0.15, 0.2) is 0 Å². The fraction of sp³-hybridized carbons (Fsp3) is 0.350. The molecule has 1 aliphatic heterocycles. The number of benzene rings is 3. The highest BCUT2D eigenvalue weighted by Crippen LogP contribution is 2.42. The molecule has 0 bridgehead atoms. The van der Waals surface area contributed by atoms with Gasteiger partial charge in [0.05, 0.1) is 4.90 Å². The van der Waals surface area contributed by atoms with E-state index in [0.29, 0.717) is 35.4 Å². The Bertz CT molecular complexity index is 2200. The molecule has 0 radical (unpaired) electrons. The molecule has 3 aromatic carbocycles. The molecule has 5 rings (SSSR count). The van der Waals surface area contributed by atoms with Crippen LogP contribution in [0.2, 0.25) is 0 Å². The second-order valence-electron chi connectivity index (χ2n) is 14.2. The minimum Gasteiger partial charge on any atom is -0.487 e. The lowest BCUT2D eigenvalue weighted by molar-refractivity contribution is -0.139. The average molecular weight is 742 g/mol. The van der Waals surface area contributed by atoms with Gasteiger partial charge in [0.25, 0.3) is 21.5 Å². The third kappa shape index (κ3) is 9.52. The Kier molecular flexibility index (Phi) is 11.8. The molecule has 4 aromatic rings. The highest BCUT2D eigenvalue weighted by Gasteiger charge is 2.34. The molecule has 12 nitrogen and oxygen atoms in total. The summed E-state index contributed by atoms with van der Waals surface area (Å²) in [5.41, 5.74) is 5.40. The van der Waals surface area contributed by atoms with Crippen molar-refractivity contribution < 1.29 is 27.9 Å². The molecule has 0 saturated heterocycles. The fourth-order valence-electron chi connectivity index (χ4n) is 6.68. The van der Waals surface area contributed by atoms with Crippen molar-refractivity contribution in [3.63, 3.8) is 0 Å². The lowest BCUT2D eigenvalue weighted by atomic mass is 9.88. The number of aromatic nitrogens is 1. The van der Waals surface area contributed by atoms with Crippen molar-refractivity contribution >= 4 is 27.9 Å². The van der Waals surface area contributed by atoms with Crippen molar-refractivity contribution in [1.82, 2.24) is 20.3 Å². The van der Waals surface area contributed by atoms with Gasteiger partial charge in [-0.2, -0.15) is 0 Å². The zero-order chi connectivity index (χ0) is 38.5. The first-order valence-electron chi connectivity index (χ1n) is 17.6. The van der Waals surface area contributed by atoms with Crippen molar-refractivity contribution in [1.29, 1.82) is 5.41 Å². The molecule has 53 heavy (non-hydrogen) atoms. The van der Waals surface area contributed by atoms with E-state index in [2.05, 4.69) is 38.5 Å². The number of nitrogens with one attached hydrogen (secondary N) is 5. The average Bonchev–Trinajstić information content (AvgIpc) is 3.08. The molecular formula is C40H47N5O7S. The highest BCUT2D eigenvalue weighted by atomic mass is 32.2. The van der Waals surface area contributed by atoms with Crippen LogP contribution >= 0.6 is 0 Å². The third-order valence-corrected chi connectivity index (χ3v) is 11.2. The van der Waals surface area contributed by atoms with Crippen LogP contribution in [0.1, 0.15) is 88.1 Å². The molecule has 1 aromatic heterocycles. The first-order chi connectivity index (χ1) is 25.0. The summed E-state index contributed by atoms with van der Waals surface area (Å²) in [7, 11) is -4.13. The van der Waals surface area contributed by atoms with Gasteiger partial charge in [-0.3, -0.25) is 15.0 Å². The Balaban J connectivity index is 1.14. The van der Waals surface area contributed by atoms with Gasteiger partial charge < -0.3 is 25.5 Å². The number of amides is 1. The van der Waals surface area contributed by atoms with Crippen LogP contribution in [0.3, 0.4) is 0 Å². The molecule has 0 spiro atoms. The van der Waals surface area contributed by atoms with E-state index in [0.717, 1.165) is 35.1 Å². The maximum absolute atomic E-state index is 13.5. The van der Waals surface area contributed by atoms with Gasteiger partial charge in [-0.1, -0.05) is 54.6 Å². The number of aliphatic carboxylic acids is 1. The lowest BCUT2D eigenvalue weighted by Crippen LogP contribution is -2.44. The summed E-state index contributed by atoms with van der Waals surface area (Å²) in [5.74, 6) is -1.88. The molecule has 0 unspecified atom stereocenters. The first-order valence-corrected chi connectivity index (χ1v) is 19.1. The van der Waals surface area contributed by atoms with Crippen LogP contribution < -0.4 is 25.7 Å². The van der Waals surface area contributed by atoms with Gasteiger partial charge in [-0.05, 0) is 118 Å². The monoisotopic (exact) mass is 741 g/mol. The summed E-state index contributed by atoms with van der Waals surface area (Å²) in [5, 5.41) is 23.1. The minimum atomic E-state index is -4.13. The van der Waals surface area contributed by atoms with E-state index in [1.54, 1.807) is 19.9 Å². The number of ether oxygens (including phenoxy) is 1. The van der Waals surface area contributed by atoms with Gasteiger partial charge in [0.2, 0.25) is 5.96 Å². The number of H-pyrrole nitrogens is 1. The summed E-state index contributed by atoms with van der Waals surface area (Å²) in [6.07, 6.45) is 2.75. The first kappa shape index (κ1) is 38.8. The van der Waals surface area contributed by atoms with E-state index >= 15 is 0 Å². The SMILES string of the molecule is Cc1c(C)c(S(=O)(=O)NC(=N)NCCC[C@H](NC(=O)c2ccc(Cc3cccc(Cc4ccccc4)c3)[nH]c2=O)C(=O)O)c(C)c2c1OC(C)(C)CC2. The van der Waals surface area contributed by atoms with Gasteiger partial charge in [0, 0.05) is 18.7 Å². The summed E-state index contributed by atoms with van der Waals surface area (Å²) in [6, 6.07) is 19.8. The van der Waals surface area contributed by atoms with Crippen LogP contribution in [0.15, 0.2) is 76.4 Å². The topological polar surface area (TPSA) is 191 Å². The smallest absolute Gasteiger partial charge is 0.326 e. The summed E-state index contributed by atoms with van der Waals surface area (Å²) in [6.45, 7) is 9.34. The Hall–Kier alpha value is -5.43. The summed E-state index contributed by atoms with van der Waals surface area (Å²) in [4.78, 5) is 40.7. The van der Waals surface area contributed by atoms with E-state index in [9.17, 15) is 27.9 Å². The van der Waals surface area contributed by atoms with E-state index in [1.165, 1.54) is 11.6 Å². The van der Waals surface area contributed by atoms with E-state index in [-0.39, 0.29) is 35.4 Å². The number of carbonyl (C=O) groups is 2. The van der Waals surface area contributed by atoms with Gasteiger partial charge in [-0.25, -0.2) is 17.9 Å². The number of rotatable bonds is 13. The Labute approximate surface area is 310 Å². The number of carboxylic acids is 1. The summed E-state index contributed by atoms with van der Waals surface area (Å²) < 4.78 is 35.4. The van der Waals surface area contributed by atoms with Crippen LogP contribution in [0.4, 0.5) is 0 Å². The molecule has 0 saturated carbocycles. The van der Waals surface area contributed by atoms with Crippen LogP contribution in [-0.2, 0) is 34.1 Å². The Morgan fingerprint density at radius 1 is 0.943 bits per heavy atom. The van der Waals surface area contributed by atoms with Crippen LogP contribution in [0.25, 0.3) is 0 Å². The fourth-order valence-corrected chi connectivity index (χ4v) is 8.21. The molecule has 0 fully saturated rings. The molecule has 13 heteroatoms. The van der Waals surface area contributed by atoms with Crippen molar-refractivity contribution in [2.75, 3.05) is 6.54 Å². The van der Waals surface area contributed by atoms with Crippen molar-refractivity contribution in [3.05, 3.63) is 127 Å². The number of guanidine groups is 1. The number of sulfonamides is 1. The Morgan fingerprint density at radius 2 is 1.62 bits per heavy atom. The quantitative estimate of drug-likeness (QED) is 0.0623. The molecule has 2 heterocycles. The summed E-state index contributed by atoms with van der Waals surface area (Å²) >= 11 is 0. The number of fused-ring (bicyclic) bond motifs is 1. The predicted octanol–water partition coefficient (Wildman–Crippen LogP) is 5.05. The molecule has 1 atom stereocenters. The third-order valence-electron chi connectivity index (χ3n) is 9.60. The number of hydrogen-bond donors (Lipinski definition) is 6. The lowest BCUT2D eigenvalue weighted by Gasteiger charge is -2.35. The van der Waals surface area contributed by atoms with Gasteiger partial charge in [0.1, 0.15) is 23.0 Å². The number of hydrogen-bond acceptors (Lipinski definition) is 7. The van der Waals surface area contributed by atoms with Crippen LogP contribution in [0.5, 0.6) is 5.75 Å². The second kappa shape index (κ2) is 16.1. The molecule has 1 amide bonds. The maximum atomic E-state index is 13.5. The van der Waals surface area contributed by atoms with Crippen molar-refractivity contribution in [2.24, 2.45) is 0 Å². The Morgan fingerprint density at radius 3 is 2.30 bits per heavy atom. The normalized spacial score (nSPS) is 14.0.